The van der Waals surface area contributed by atoms with Crippen LogP contribution < -0.4 is 0 Å². The molecule has 0 saturated carbocycles. The van der Waals surface area contributed by atoms with Gasteiger partial charge in [0, 0.05) is 0 Å². The maximum absolute atomic E-state index is 12.5. The Morgan fingerprint density at radius 3 is 2.38 bits per heavy atom. The van der Waals surface area contributed by atoms with Gasteiger partial charge in [0.1, 0.15) is 5.82 Å². The fraction of sp³-hybridized carbons (Fsp3) is 0.273. The zero-order valence-electron chi connectivity index (χ0n) is 8.73. The van der Waals surface area contributed by atoms with Crippen LogP contribution in [0.1, 0.15) is 17.3 Å². The van der Waals surface area contributed by atoms with Crippen molar-refractivity contribution < 1.29 is 23.5 Å². The van der Waals surface area contributed by atoms with E-state index in [0.29, 0.717) is 0 Å². The van der Waals surface area contributed by atoms with Crippen molar-refractivity contribution in [1.82, 2.24) is 0 Å². The number of hydrogen-bond donors (Lipinski definition) is 0. The molecule has 86 valence electrons. The van der Waals surface area contributed by atoms with Crippen molar-refractivity contribution in [3.8, 4) is 0 Å². The molecule has 5 heteroatoms. The average molecular weight is 226 g/mol. The molecule has 16 heavy (non-hydrogen) atoms. The van der Waals surface area contributed by atoms with E-state index in [0.717, 1.165) is 12.1 Å². The van der Waals surface area contributed by atoms with Crippen LogP contribution in [0.3, 0.4) is 0 Å². The quantitative estimate of drug-likeness (QED) is 0.731. The highest BCUT2D eigenvalue weighted by molar-refractivity contribution is 5.90. The van der Waals surface area contributed by atoms with Crippen molar-refractivity contribution in [2.75, 3.05) is 13.2 Å². The number of halogens is 1. The lowest BCUT2D eigenvalue weighted by Crippen LogP contribution is -2.16. The van der Waals surface area contributed by atoms with E-state index in [4.69, 9.17) is 0 Å². The molecule has 4 nitrogen and oxygen atoms in total. The van der Waals surface area contributed by atoms with Crippen LogP contribution in [-0.2, 0) is 14.3 Å². The predicted molar refractivity (Wildman–Crippen MR) is 53.3 cm³/mol. The largest absolute Gasteiger partial charge is 0.463 e. The monoisotopic (exact) mass is 226 g/mol. The van der Waals surface area contributed by atoms with Crippen molar-refractivity contribution in [2.45, 2.75) is 6.92 Å². The first-order valence-electron chi connectivity index (χ1n) is 4.71. The van der Waals surface area contributed by atoms with Crippen LogP contribution >= 0.6 is 0 Å². The molecule has 0 aliphatic carbocycles. The molecule has 0 radical (unpaired) electrons. The average Bonchev–Trinajstić information content (AvgIpc) is 2.27. The molecular formula is C11H11FO4. The number of ether oxygens (including phenoxy) is 2. The van der Waals surface area contributed by atoms with Gasteiger partial charge in [0.15, 0.2) is 6.61 Å². The molecule has 1 rings (SSSR count). The third-order valence-electron chi connectivity index (χ3n) is 1.71. The molecular weight excluding hydrogens is 215 g/mol. The highest BCUT2D eigenvalue weighted by Gasteiger charge is 2.10. The highest BCUT2D eigenvalue weighted by Crippen LogP contribution is 2.04. The Labute approximate surface area is 92.0 Å². The Morgan fingerprint density at radius 1 is 1.19 bits per heavy atom. The number of carbonyl (C=O) groups is 2. The van der Waals surface area contributed by atoms with Gasteiger partial charge in [0.05, 0.1) is 12.2 Å². The predicted octanol–water partition coefficient (Wildman–Crippen LogP) is 1.55. The molecule has 0 spiro atoms. The summed E-state index contributed by atoms with van der Waals surface area (Å²) in [4.78, 5) is 22.2. The van der Waals surface area contributed by atoms with Gasteiger partial charge in [-0.1, -0.05) is 0 Å². The first-order chi connectivity index (χ1) is 7.63. The SMILES string of the molecule is CCOC(=O)COC(=O)c1ccc(F)cc1. The Balaban J connectivity index is 2.47. The highest BCUT2D eigenvalue weighted by atomic mass is 19.1. The van der Waals surface area contributed by atoms with Gasteiger partial charge in [0.2, 0.25) is 0 Å². The minimum absolute atomic E-state index is 0.186. The summed E-state index contributed by atoms with van der Waals surface area (Å²) < 4.78 is 21.8. The molecule has 0 aliphatic rings. The van der Waals surface area contributed by atoms with Gasteiger partial charge in [-0.05, 0) is 31.2 Å². The molecule has 0 saturated heterocycles. The molecule has 0 heterocycles. The number of hydrogen-bond acceptors (Lipinski definition) is 4. The van der Waals surface area contributed by atoms with Crippen molar-refractivity contribution in [3.63, 3.8) is 0 Å². The van der Waals surface area contributed by atoms with E-state index in [2.05, 4.69) is 9.47 Å². The lowest BCUT2D eigenvalue weighted by Gasteiger charge is -2.04. The maximum Gasteiger partial charge on any atom is 0.344 e. The summed E-state index contributed by atoms with van der Waals surface area (Å²) in [7, 11) is 0. The van der Waals surface area contributed by atoms with Gasteiger partial charge in [0.25, 0.3) is 0 Å². The van der Waals surface area contributed by atoms with E-state index >= 15 is 0 Å². The number of esters is 2. The van der Waals surface area contributed by atoms with Crippen molar-refractivity contribution >= 4 is 11.9 Å². The van der Waals surface area contributed by atoms with Gasteiger partial charge < -0.3 is 9.47 Å². The lowest BCUT2D eigenvalue weighted by atomic mass is 10.2. The summed E-state index contributed by atoms with van der Waals surface area (Å²) >= 11 is 0. The molecule has 0 unspecified atom stereocenters. The fourth-order valence-electron chi connectivity index (χ4n) is 0.996. The van der Waals surface area contributed by atoms with E-state index in [1.807, 2.05) is 0 Å². The maximum atomic E-state index is 12.5. The van der Waals surface area contributed by atoms with Crippen molar-refractivity contribution in [3.05, 3.63) is 35.6 Å². The fourth-order valence-corrected chi connectivity index (χ4v) is 0.996. The second kappa shape index (κ2) is 5.85. The molecule has 0 N–H and O–H groups in total. The van der Waals surface area contributed by atoms with E-state index in [-0.39, 0.29) is 12.2 Å². The summed E-state index contributed by atoms with van der Waals surface area (Å²) in [6, 6.07) is 4.84. The molecule has 0 aromatic heterocycles. The van der Waals surface area contributed by atoms with Gasteiger partial charge in [-0.2, -0.15) is 0 Å². The summed E-state index contributed by atoms with van der Waals surface area (Å²) in [6.07, 6.45) is 0. The molecule has 0 aliphatic heterocycles. The van der Waals surface area contributed by atoms with Crippen LogP contribution in [0.2, 0.25) is 0 Å². The third-order valence-corrected chi connectivity index (χ3v) is 1.71. The van der Waals surface area contributed by atoms with Gasteiger partial charge >= 0.3 is 11.9 Å². The summed E-state index contributed by atoms with van der Waals surface area (Å²) in [5.41, 5.74) is 0.186. The Bertz CT molecular complexity index is 372. The summed E-state index contributed by atoms with van der Waals surface area (Å²) in [5.74, 6) is -1.74. The van der Waals surface area contributed by atoms with Gasteiger partial charge in [-0.3, -0.25) is 0 Å². The summed E-state index contributed by atoms with van der Waals surface area (Å²) in [6.45, 7) is 1.44. The van der Waals surface area contributed by atoms with Gasteiger partial charge in [-0.15, -0.1) is 0 Å². The Morgan fingerprint density at radius 2 is 1.81 bits per heavy atom. The minimum atomic E-state index is -0.687. The van der Waals surface area contributed by atoms with Crippen molar-refractivity contribution in [1.29, 1.82) is 0 Å². The zero-order valence-corrected chi connectivity index (χ0v) is 8.73. The van der Waals surface area contributed by atoms with Crippen LogP contribution in [-0.4, -0.2) is 25.2 Å². The smallest absolute Gasteiger partial charge is 0.344 e. The molecule has 1 aromatic carbocycles. The molecule has 0 fully saturated rings. The van der Waals surface area contributed by atoms with E-state index < -0.39 is 24.4 Å². The molecule has 0 atom stereocenters. The van der Waals surface area contributed by atoms with Crippen LogP contribution in [0.5, 0.6) is 0 Å². The first kappa shape index (κ1) is 12.2. The Kier molecular flexibility index (Phi) is 4.44. The van der Waals surface area contributed by atoms with Crippen molar-refractivity contribution in [2.24, 2.45) is 0 Å². The summed E-state index contributed by atoms with van der Waals surface area (Å²) in [5, 5.41) is 0. The lowest BCUT2D eigenvalue weighted by molar-refractivity contribution is -0.146. The van der Waals surface area contributed by atoms with E-state index in [1.54, 1.807) is 6.92 Å². The Hall–Kier alpha value is -1.91. The standard InChI is InChI=1S/C11H11FO4/c1-2-15-10(13)7-16-11(14)8-3-5-9(12)6-4-8/h3-6H,2,7H2,1H3. The number of benzene rings is 1. The van der Waals surface area contributed by atoms with E-state index in [1.165, 1.54) is 12.1 Å². The van der Waals surface area contributed by atoms with Crippen LogP contribution in [0, 0.1) is 5.82 Å². The third kappa shape index (κ3) is 3.68. The number of carbonyl (C=O) groups excluding carboxylic acids is 2. The number of rotatable bonds is 4. The molecule has 0 bridgehead atoms. The van der Waals surface area contributed by atoms with Crippen LogP contribution in [0.25, 0.3) is 0 Å². The van der Waals surface area contributed by atoms with Crippen LogP contribution in [0.15, 0.2) is 24.3 Å². The van der Waals surface area contributed by atoms with Crippen LogP contribution in [0.4, 0.5) is 4.39 Å². The molecule has 1 aromatic rings. The topological polar surface area (TPSA) is 52.6 Å². The zero-order chi connectivity index (χ0) is 12.0. The second-order valence-corrected chi connectivity index (χ2v) is 2.89. The minimum Gasteiger partial charge on any atom is -0.463 e. The van der Waals surface area contributed by atoms with Gasteiger partial charge in [-0.25, -0.2) is 14.0 Å². The normalized spacial score (nSPS) is 9.62. The second-order valence-electron chi connectivity index (χ2n) is 2.89. The molecule has 0 amide bonds. The first-order valence-corrected chi connectivity index (χ1v) is 4.71. The van der Waals surface area contributed by atoms with E-state index in [9.17, 15) is 14.0 Å².